The fourth-order valence-corrected chi connectivity index (χ4v) is 3.93. The Labute approximate surface area is 180 Å². The third-order valence-electron chi connectivity index (χ3n) is 5.94. The van der Waals surface area contributed by atoms with Crippen LogP contribution in [-0.4, -0.2) is 0 Å². The molecule has 0 heterocycles. The van der Waals surface area contributed by atoms with Crippen molar-refractivity contribution in [2.24, 2.45) is 0 Å². The van der Waals surface area contributed by atoms with E-state index in [9.17, 15) is 0 Å². The fraction of sp³-hybridized carbons (Fsp3) is 0.929. The standard InChI is InChI=1S/C28H54/c1-3-5-7-9-11-13-15-17-19-21-23-25-27-28-26-24-22-20-18-16-14-12-10-8-6-4-2/h3-17,19,21-28H2,1-2H3. The molecule has 0 bridgehead atoms. The van der Waals surface area contributed by atoms with Crippen molar-refractivity contribution in [2.75, 3.05) is 0 Å². The first-order chi connectivity index (χ1) is 13.9. The first-order valence-corrected chi connectivity index (χ1v) is 13.4. The maximum Gasteiger partial charge on any atom is 0.00886 e. The highest BCUT2D eigenvalue weighted by molar-refractivity contribution is 4.98. The predicted molar refractivity (Wildman–Crippen MR) is 130 cm³/mol. The van der Waals surface area contributed by atoms with Crippen LogP contribution in [0.4, 0.5) is 0 Å². The van der Waals surface area contributed by atoms with Crippen molar-refractivity contribution in [3.8, 4) is 11.8 Å². The van der Waals surface area contributed by atoms with Crippen LogP contribution in [0.2, 0.25) is 0 Å². The van der Waals surface area contributed by atoms with Gasteiger partial charge in [0.25, 0.3) is 0 Å². The monoisotopic (exact) mass is 390 g/mol. The lowest BCUT2D eigenvalue weighted by Gasteiger charge is -2.03. The predicted octanol–water partition coefficient (Wildman–Crippen LogP) is 10.4. The van der Waals surface area contributed by atoms with E-state index in [0.717, 1.165) is 12.8 Å². The molecule has 0 saturated carbocycles. The Morgan fingerprint density at radius 2 is 0.500 bits per heavy atom. The minimum absolute atomic E-state index is 1.13. The van der Waals surface area contributed by atoms with E-state index >= 15 is 0 Å². The van der Waals surface area contributed by atoms with E-state index in [1.165, 1.54) is 141 Å². The maximum atomic E-state index is 3.39. The molecule has 0 saturated heterocycles. The minimum atomic E-state index is 1.13. The van der Waals surface area contributed by atoms with Crippen molar-refractivity contribution in [1.29, 1.82) is 0 Å². The van der Waals surface area contributed by atoms with Gasteiger partial charge in [-0.25, -0.2) is 0 Å². The van der Waals surface area contributed by atoms with Gasteiger partial charge < -0.3 is 0 Å². The average Bonchev–Trinajstić information content (AvgIpc) is 2.71. The van der Waals surface area contributed by atoms with E-state index in [4.69, 9.17) is 0 Å². The molecule has 28 heavy (non-hydrogen) atoms. The number of rotatable bonds is 22. The largest absolute Gasteiger partial charge is 0.103 e. The number of hydrogen-bond donors (Lipinski definition) is 0. The van der Waals surface area contributed by atoms with E-state index in [-0.39, 0.29) is 0 Å². The van der Waals surface area contributed by atoms with E-state index in [2.05, 4.69) is 25.7 Å². The third-order valence-corrected chi connectivity index (χ3v) is 5.94. The summed E-state index contributed by atoms with van der Waals surface area (Å²) in [6, 6.07) is 0. The van der Waals surface area contributed by atoms with Gasteiger partial charge >= 0.3 is 0 Å². The summed E-state index contributed by atoms with van der Waals surface area (Å²) in [5.41, 5.74) is 0. The topological polar surface area (TPSA) is 0 Å². The number of unbranched alkanes of at least 4 members (excludes halogenated alkanes) is 22. The zero-order valence-electron chi connectivity index (χ0n) is 20.0. The molecule has 0 aromatic heterocycles. The lowest BCUT2D eigenvalue weighted by Crippen LogP contribution is -1.83. The summed E-state index contributed by atoms with van der Waals surface area (Å²) in [6.45, 7) is 4.58. The second kappa shape index (κ2) is 26.6. The Hall–Kier alpha value is -0.440. The molecule has 0 atom stereocenters. The Morgan fingerprint density at radius 3 is 0.750 bits per heavy atom. The van der Waals surface area contributed by atoms with E-state index in [1.807, 2.05) is 0 Å². The van der Waals surface area contributed by atoms with Crippen molar-refractivity contribution < 1.29 is 0 Å². The van der Waals surface area contributed by atoms with Crippen LogP contribution in [0, 0.1) is 11.8 Å². The molecule has 0 nitrogen and oxygen atoms in total. The van der Waals surface area contributed by atoms with Crippen molar-refractivity contribution in [2.45, 2.75) is 168 Å². The summed E-state index contributed by atoms with van der Waals surface area (Å²) in [7, 11) is 0. The van der Waals surface area contributed by atoms with Gasteiger partial charge in [-0.2, -0.15) is 0 Å². The molecular weight excluding hydrogens is 336 g/mol. The smallest absolute Gasteiger partial charge is 0.00886 e. The molecule has 0 aliphatic carbocycles. The third kappa shape index (κ3) is 25.6. The molecule has 0 unspecified atom stereocenters. The highest BCUT2D eigenvalue weighted by Gasteiger charge is 1.94. The Kier molecular flexibility index (Phi) is 26.1. The zero-order valence-corrected chi connectivity index (χ0v) is 20.0. The van der Waals surface area contributed by atoms with Crippen molar-refractivity contribution >= 4 is 0 Å². The summed E-state index contributed by atoms with van der Waals surface area (Å²) in [4.78, 5) is 0. The van der Waals surface area contributed by atoms with Crippen LogP contribution in [-0.2, 0) is 0 Å². The van der Waals surface area contributed by atoms with Gasteiger partial charge in [0.1, 0.15) is 0 Å². The van der Waals surface area contributed by atoms with Gasteiger partial charge in [0.2, 0.25) is 0 Å². The molecule has 0 aliphatic heterocycles. The fourth-order valence-electron chi connectivity index (χ4n) is 3.93. The van der Waals surface area contributed by atoms with E-state index in [1.54, 1.807) is 0 Å². The highest BCUT2D eigenvalue weighted by atomic mass is 14.0. The van der Waals surface area contributed by atoms with Crippen LogP contribution >= 0.6 is 0 Å². The second-order valence-electron chi connectivity index (χ2n) is 8.92. The van der Waals surface area contributed by atoms with Crippen molar-refractivity contribution in [3.63, 3.8) is 0 Å². The van der Waals surface area contributed by atoms with E-state index in [0.29, 0.717) is 0 Å². The molecule has 0 fully saturated rings. The first kappa shape index (κ1) is 27.6. The lowest BCUT2D eigenvalue weighted by molar-refractivity contribution is 0.530. The van der Waals surface area contributed by atoms with Gasteiger partial charge in [0.15, 0.2) is 0 Å². The summed E-state index contributed by atoms with van der Waals surface area (Å²) in [6.07, 6.45) is 33.7. The zero-order chi connectivity index (χ0) is 20.4. The van der Waals surface area contributed by atoms with Crippen LogP contribution in [0.1, 0.15) is 168 Å². The minimum Gasteiger partial charge on any atom is -0.103 e. The second-order valence-corrected chi connectivity index (χ2v) is 8.92. The van der Waals surface area contributed by atoms with Gasteiger partial charge in [0, 0.05) is 12.8 Å². The summed E-state index contributed by atoms with van der Waals surface area (Å²) in [5, 5.41) is 0. The normalized spacial score (nSPS) is 10.8. The molecule has 166 valence electrons. The van der Waals surface area contributed by atoms with Gasteiger partial charge in [-0.05, 0) is 12.8 Å². The molecule has 0 aromatic carbocycles. The number of hydrogen-bond acceptors (Lipinski definition) is 0. The van der Waals surface area contributed by atoms with Gasteiger partial charge in [-0.3, -0.25) is 0 Å². The SMILES string of the molecule is CCCCCCCCC#CCCCCCCCCCCCCCCCCCC. The Balaban J connectivity index is 3.06. The molecule has 0 amide bonds. The summed E-state index contributed by atoms with van der Waals surface area (Å²) >= 11 is 0. The van der Waals surface area contributed by atoms with Crippen molar-refractivity contribution in [3.05, 3.63) is 0 Å². The summed E-state index contributed by atoms with van der Waals surface area (Å²) in [5.74, 6) is 6.77. The first-order valence-electron chi connectivity index (χ1n) is 13.4. The van der Waals surface area contributed by atoms with Crippen LogP contribution < -0.4 is 0 Å². The average molecular weight is 391 g/mol. The lowest BCUT2D eigenvalue weighted by atomic mass is 10.0. The van der Waals surface area contributed by atoms with Crippen molar-refractivity contribution in [1.82, 2.24) is 0 Å². The van der Waals surface area contributed by atoms with E-state index < -0.39 is 0 Å². The van der Waals surface area contributed by atoms with Gasteiger partial charge in [0.05, 0.1) is 0 Å². The van der Waals surface area contributed by atoms with Gasteiger partial charge in [-0.15, -0.1) is 11.8 Å². The molecule has 0 N–H and O–H groups in total. The molecule has 0 aromatic rings. The van der Waals surface area contributed by atoms with Crippen LogP contribution in [0.25, 0.3) is 0 Å². The van der Waals surface area contributed by atoms with Gasteiger partial charge in [-0.1, -0.05) is 142 Å². The highest BCUT2D eigenvalue weighted by Crippen LogP contribution is 2.14. The molecule has 0 spiro atoms. The van der Waals surface area contributed by atoms with Crippen LogP contribution in [0.3, 0.4) is 0 Å². The molecule has 0 aliphatic rings. The maximum absolute atomic E-state index is 3.39. The Bertz CT molecular complexity index is 319. The molecule has 0 heteroatoms. The molecule has 0 rings (SSSR count). The van der Waals surface area contributed by atoms with Crippen LogP contribution in [0.5, 0.6) is 0 Å². The summed E-state index contributed by atoms with van der Waals surface area (Å²) < 4.78 is 0. The molecule has 0 radical (unpaired) electrons. The Morgan fingerprint density at radius 1 is 0.286 bits per heavy atom. The van der Waals surface area contributed by atoms with Crippen LogP contribution in [0.15, 0.2) is 0 Å². The quantitative estimate of drug-likeness (QED) is 0.127. The molecular formula is C28H54.